The van der Waals surface area contributed by atoms with Crippen molar-refractivity contribution in [3.63, 3.8) is 0 Å². The molecule has 0 fully saturated rings. The van der Waals surface area contributed by atoms with E-state index in [1.54, 1.807) is 30.3 Å². The maximum Gasteiger partial charge on any atom is 0.335 e. The van der Waals surface area contributed by atoms with Crippen LogP contribution in [0.5, 0.6) is 0 Å². The van der Waals surface area contributed by atoms with Crippen molar-refractivity contribution >= 4 is 22.9 Å². The summed E-state index contributed by atoms with van der Waals surface area (Å²) in [7, 11) is 0. The Bertz CT molecular complexity index is 1180. The molecule has 0 aliphatic carbocycles. The molecule has 0 aliphatic rings. The normalized spacial score (nSPS) is 10.8. The molecule has 1 heterocycles. The predicted molar refractivity (Wildman–Crippen MR) is 110 cm³/mol. The predicted octanol–water partition coefficient (Wildman–Crippen LogP) is 3.78. The lowest BCUT2D eigenvalue weighted by Gasteiger charge is -2.06. The second-order valence-corrected chi connectivity index (χ2v) is 6.77. The van der Waals surface area contributed by atoms with E-state index < -0.39 is 5.97 Å². The molecule has 6 nitrogen and oxygen atoms in total. The van der Waals surface area contributed by atoms with Gasteiger partial charge < -0.3 is 15.4 Å². The molecule has 0 radical (unpaired) electrons. The minimum Gasteiger partial charge on any atom is -0.478 e. The van der Waals surface area contributed by atoms with E-state index in [1.807, 2.05) is 36.4 Å². The molecular weight excluding hydrogens is 366 g/mol. The number of nitrogens with zero attached hydrogens (tertiary/aromatic N) is 1. The second kappa shape index (κ2) is 7.98. The van der Waals surface area contributed by atoms with Crippen LogP contribution in [0.25, 0.3) is 11.0 Å². The van der Waals surface area contributed by atoms with Crippen molar-refractivity contribution in [3.8, 4) is 0 Å². The standard InChI is InChI=1S/C23H19N3O3/c27-22(24-14-16-7-4-8-18(11-16)23(28)29)17-9-10-19-20(13-17)26-21(25-19)12-15-5-2-1-3-6-15/h1-11,13H,12,14H2,(H,24,27)(H,25,26)(H,28,29). The van der Waals surface area contributed by atoms with E-state index in [2.05, 4.69) is 15.3 Å². The summed E-state index contributed by atoms with van der Waals surface area (Å²) in [6.07, 6.45) is 0.691. The Labute approximate surface area is 167 Å². The first-order valence-electron chi connectivity index (χ1n) is 9.21. The lowest BCUT2D eigenvalue weighted by atomic mass is 10.1. The fourth-order valence-corrected chi connectivity index (χ4v) is 3.18. The molecule has 29 heavy (non-hydrogen) atoms. The number of amides is 1. The number of rotatable bonds is 6. The van der Waals surface area contributed by atoms with E-state index in [1.165, 1.54) is 6.07 Å². The molecule has 4 aromatic rings. The van der Waals surface area contributed by atoms with Crippen LogP contribution in [0.2, 0.25) is 0 Å². The number of aromatic nitrogens is 2. The lowest BCUT2D eigenvalue weighted by Crippen LogP contribution is -2.22. The summed E-state index contributed by atoms with van der Waals surface area (Å²) >= 11 is 0. The Kier molecular flexibility index (Phi) is 5.07. The van der Waals surface area contributed by atoms with Crippen molar-refractivity contribution in [2.75, 3.05) is 0 Å². The van der Waals surface area contributed by atoms with Crippen molar-refractivity contribution in [1.82, 2.24) is 15.3 Å². The van der Waals surface area contributed by atoms with Gasteiger partial charge in [0.05, 0.1) is 16.6 Å². The quantitative estimate of drug-likeness (QED) is 0.471. The number of benzene rings is 3. The van der Waals surface area contributed by atoms with Crippen molar-refractivity contribution in [2.45, 2.75) is 13.0 Å². The van der Waals surface area contributed by atoms with E-state index in [9.17, 15) is 9.59 Å². The van der Waals surface area contributed by atoms with Crippen LogP contribution in [0.15, 0.2) is 72.8 Å². The summed E-state index contributed by atoms with van der Waals surface area (Å²) in [6.45, 7) is 0.250. The van der Waals surface area contributed by atoms with Crippen molar-refractivity contribution in [1.29, 1.82) is 0 Å². The average Bonchev–Trinajstić information content (AvgIpc) is 3.14. The molecule has 0 atom stereocenters. The number of fused-ring (bicyclic) bond motifs is 1. The fraction of sp³-hybridized carbons (Fsp3) is 0.0870. The van der Waals surface area contributed by atoms with Crippen molar-refractivity contribution in [2.24, 2.45) is 0 Å². The number of hydrogen-bond acceptors (Lipinski definition) is 3. The highest BCUT2D eigenvalue weighted by atomic mass is 16.4. The van der Waals surface area contributed by atoms with Crippen LogP contribution in [0, 0.1) is 0 Å². The Hall–Kier alpha value is -3.93. The Morgan fingerprint density at radius 3 is 2.48 bits per heavy atom. The largest absolute Gasteiger partial charge is 0.478 e. The molecule has 0 spiro atoms. The van der Waals surface area contributed by atoms with E-state index in [4.69, 9.17) is 5.11 Å². The second-order valence-electron chi connectivity index (χ2n) is 6.77. The number of carbonyl (C=O) groups is 2. The van der Waals surface area contributed by atoms with Gasteiger partial charge in [0.2, 0.25) is 0 Å². The van der Waals surface area contributed by atoms with Crippen molar-refractivity contribution in [3.05, 3.63) is 101 Å². The van der Waals surface area contributed by atoms with Gasteiger partial charge in [-0.3, -0.25) is 4.79 Å². The molecule has 0 aliphatic heterocycles. The maximum atomic E-state index is 12.5. The van der Waals surface area contributed by atoms with Gasteiger partial charge in [0.15, 0.2) is 0 Å². The summed E-state index contributed by atoms with van der Waals surface area (Å²) in [5.74, 6) is -0.379. The average molecular weight is 385 g/mol. The van der Waals surface area contributed by atoms with Gasteiger partial charge >= 0.3 is 5.97 Å². The third-order valence-electron chi connectivity index (χ3n) is 4.63. The molecule has 0 saturated heterocycles. The van der Waals surface area contributed by atoms with Gasteiger partial charge in [-0.05, 0) is 41.5 Å². The number of aromatic carboxylic acids is 1. The lowest BCUT2D eigenvalue weighted by molar-refractivity contribution is 0.0696. The van der Waals surface area contributed by atoms with Gasteiger partial charge in [0, 0.05) is 18.5 Å². The highest BCUT2D eigenvalue weighted by Gasteiger charge is 2.10. The molecule has 6 heteroatoms. The molecule has 1 amide bonds. The first-order chi connectivity index (χ1) is 14.1. The van der Waals surface area contributed by atoms with Crippen LogP contribution in [0.3, 0.4) is 0 Å². The number of carboxylic acid groups (broad SMARTS) is 1. The zero-order valence-corrected chi connectivity index (χ0v) is 15.6. The highest BCUT2D eigenvalue weighted by Crippen LogP contribution is 2.16. The molecule has 4 rings (SSSR count). The van der Waals surface area contributed by atoms with E-state index in [-0.39, 0.29) is 18.0 Å². The molecule has 0 bridgehead atoms. The van der Waals surface area contributed by atoms with Gasteiger partial charge in [0.25, 0.3) is 5.91 Å². The molecule has 0 unspecified atom stereocenters. The SMILES string of the molecule is O=C(O)c1cccc(CNC(=O)c2ccc3nc(Cc4ccccc4)[nH]c3c2)c1. The van der Waals surface area contributed by atoms with Gasteiger partial charge in [-0.25, -0.2) is 9.78 Å². The summed E-state index contributed by atoms with van der Waals surface area (Å²) in [5.41, 5.74) is 4.21. The molecule has 144 valence electrons. The van der Waals surface area contributed by atoms with Crippen LogP contribution in [0.1, 0.15) is 37.7 Å². The third-order valence-corrected chi connectivity index (χ3v) is 4.63. The maximum absolute atomic E-state index is 12.5. The first kappa shape index (κ1) is 18.4. The third kappa shape index (κ3) is 4.32. The number of aromatic amines is 1. The zero-order valence-electron chi connectivity index (χ0n) is 15.6. The van der Waals surface area contributed by atoms with Crippen molar-refractivity contribution < 1.29 is 14.7 Å². The van der Waals surface area contributed by atoms with Crippen LogP contribution >= 0.6 is 0 Å². The molecule has 3 N–H and O–H groups in total. The number of nitrogens with one attached hydrogen (secondary N) is 2. The number of imidazole rings is 1. The minimum absolute atomic E-state index is 0.196. The molecular formula is C23H19N3O3. The topological polar surface area (TPSA) is 95.1 Å². The highest BCUT2D eigenvalue weighted by molar-refractivity contribution is 5.97. The van der Waals surface area contributed by atoms with E-state index >= 15 is 0 Å². The van der Waals surface area contributed by atoms with Gasteiger partial charge in [-0.15, -0.1) is 0 Å². The van der Waals surface area contributed by atoms with Gasteiger partial charge in [0.1, 0.15) is 5.82 Å². The summed E-state index contributed by atoms with van der Waals surface area (Å²) < 4.78 is 0. The number of carboxylic acids is 1. The van der Waals surface area contributed by atoms with Crippen LogP contribution in [-0.2, 0) is 13.0 Å². The zero-order chi connectivity index (χ0) is 20.2. The minimum atomic E-state index is -0.991. The van der Waals surface area contributed by atoms with E-state index in [0.29, 0.717) is 12.0 Å². The van der Waals surface area contributed by atoms with Gasteiger partial charge in [-0.1, -0.05) is 42.5 Å². The smallest absolute Gasteiger partial charge is 0.335 e. The number of H-pyrrole nitrogens is 1. The van der Waals surface area contributed by atoms with Crippen LogP contribution in [-0.4, -0.2) is 27.0 Å². The Morgan fingerprint density at radius 1 is 0.897 bits per heavy atom. The molecule has 0 saturated carbocycles. The number of hydrogen-bond donors (Lipinski definition) is 3. The van der Waals surface area contributed by atoms with Crippen LogP contribution < -0.4 is 5.32 Å². The summed E-state index contributed by atoms with van der Waals surface area (Å²) in [6, 6.07) is 21.9. The monoisotopic (exact) mass is 385 g/mol. The molecule has 3 aromatic carbocycles. The first-order valence-corrected chi connectivity index (χ1v) is 9.21. The summed E-state index contributed by atoms with van der Waals surface area (Å²) in [5, 5.41) is 11.9. The Balaban J connectivity index is 1.46. The fourth-order valence-electron chi connectivity index (χ4n) is 3.18. The van der Waals surface area contributed by atoms with Crippen LogP contribution in [0.4, 0.5) is 0 Å². The van der Waals surface area contributed by atoms with E-state index in [0.717, 1.165) is 28.0 Å². The number of carbonyl (C=O) groups excluding carboxylic acids is 1. The van der Waals surface area contributed by atoms with Gasteiger partial charge in [-0.2, -0.15) is 0 Å². The summed E-state index contributed by atoms with van der Waals surface area (Å²) in [4.78, 5) is 31.4. The Morgan fingerprint density at radius 2 is 1.69 bits per heavy atom. The molecule has 1 aromatic heterocycles.